The van der Waals surface area contributed by atoms with E-state index in [9.17, 15) is 14.0 Å². The lowest BCUT2D eigenvalue weighted by atomic mass is 9.92. The minimum atomic E-state index is -0.438. The van der Waals surface area contributed by atoms with Gasteiger partial charge in [0.2, 0.25) is 10.2 Å². The van der Waals surface area contributed by atoms with Gasteiger partial charge in [-0.25, -0.2) is 4.39 Å². The molecule has 0 heterocycles. The summed E-state index contributed by atoms with van der Waals surface area (Å²) >= 11 is 1.99. The number of carbonyl (C=O) groups excluding carboxylic acids is 2. The number of benzene rings is 4. The SMILES string of the molecule is C=CC(=O)Sc1ccc(-c2ccc(-c3ccc(SC(=O)C(=C)C)c(F)c3)c3ccccc23)cc1. The number of hydrogen-bond acceptors (Lipinski definition) is 4. The van der Waals surface area contributed by atoms with E-state index in [4.69, 9.17) is 0 Å². The van der Waals surface area contributed by atoms with Crippen molar-refractivity contribution < 1.29 is 14.0 Å². The van der Waals surface area contributed by atoms with E-state index in [2.05, 4.69) is 13.2 Å². The molecule has 168 valence electrons. The monoisotopic (exact) mass is 484 g/mol. The summed E-state index contributed by atoms with van der Waals surface area (Å²) in [6.07, 6.45) is 1.30. The van der Waals surface area contributed by atoms with Crippen molar-refractivity contribution in [1.29, 1.82) is 0 Å². The first-order valence-corrected chi connectivity index (χ1v) is 12.1. The summed E-state index contributed by atoms with van der Waals surface area (Å²) in [5.41, 5.74) is 4.10. The van der Waals surface area contributed by atoms with Gasteiger partial charge in [0.25, 0.3) is 0 Å². The molecule has 34 heavy (non-hydrogen) atoms. The molecule has 0 saturated carbocycles. The lowest BCUT2D eigenvalue weighted by molar-refractivity contribution is -0.108. The van der Waals surface area contributed by atoms with Gasteiger partial charge in [0, 0.05) is 4.90 Å². The Morgan fingerprint density at radius 2 is 1.41 bits per heavy atom. The van der Waals surface area contributed by atoms with Crippen LogP contribution < -0.4 is 0 Å². The maximum absolute atomic E-state index is 14.8. The molecule has 0 radical (unpaired) electrons. The van der Waals surface area contributed by atoms with Gasteiger partial charge in [0.1, 0.15) is 5.82 Å². The van der Waals surface area contributed by atoms with E-state index in [1.807, 2.05) is 66.7 Å². The van der Waals surface area contributed by atoms with Crippen molar-refractivity contribution in [2.45, 2.75) is 16.7 Å². The van der Waals surface area contributed by atoms with E-state index < -0.39 is 5.82 Å². The minimum Gasteiger partial charge on any atom is -0.282 e. The Bertz CT molecular complexity index is 1440. The number of hydrogen-bond donors (Lipinski definition) is 0. The molecule has 0 aliphatic heterocycles. The molecule has 2 nitrogen and oxygen atoms in total. The zero-order valence-corrected chi connectivity index (χ0v) is 20.1. The van der Waals surface area contributed by atoms with Gasteiger partial charge in [0.05, 0.1) is 4.90 Å². The standard InChI is InChI=1S/C29H21FO2S2/c1-4-28(31)33-21-12-9-19(10-13-21)22-14-15-23(25-8-6-5-7-24(22)25)20-11-16-27(26(30)17-20)34-29(32)18(2)3/h4-17H,1-2H2,3H3. The van der Waals surface area contributed by atoms with Gasteiger partial charge < -0.3 is 0 Å². The molecule has 4 aromatic rings. The second-order valence-electron chi connectivity index (χ2n) is 7.67. The van der Waals surface area contributed by atoms with Crippen LogP contribution in [0.2, 0.25) is 0 Å². The van der Waals surface area contributed by atoms with Crippen molar-refractivity contribution >= 4 is 44.5 Å². The van der Waals surface area contributed by atoms with E-state index >= 15 is 0 Å². The molecule has 0 fully saturated rings. The quantitative estimate of drug-likeness (QED) is 0.204. The maximum Gasteiger partial charge on any atom is 0.219 e. The van der Waals surface area contributed by atoms with Gasteiger partial charge in [-0.3, -0.25) is 9.59 Å². The Hall–Kier alpha value is -3.41. The fraction of sp³-hybridized carbons (Fsp3) is 0.0345. The van der Waals surface area contributed by atoms with Crippen LogP contribution in [0.25, 0.3) is 33.0 Å². The number of fused-ring (bicyclic) bond motifs is 1. The van der Waals surface area contributed by atoms with E-state index in [0.717, 1.165) is 61.4 Å². The van der Waals surface area contributed by atoms with Crippen LogP contribution in [-0.2, 0) is 9.59 Å². The highest BCUT2D eigenvalue weighted by Crippen LogP contribution is 2.37. The summed E-state index contributed by atoms with van der Waals surface area (Å²) in [6, 6.07) is 24.8. The Labute approximate surface area is 206 Å². The molecule has 4 aromatic carbocycles. The largest absolute Gasteiger partial charge is 0.282 e. The lowest BCUT2D eigenvalue weighted by Gasteiger charge is -2.13. The topological polar surface area (TPSA) is 34.1 Å². The molecule has 4 rings (SSSR count). The second-order valence-corrected chi connectivity index (χ2v) is 9.76. The number of rotatable bonds is 6. The van der Waals surface area contributed by atoms with Crippen LogP contribution in [0.15, 0.2) is 113 Å². The Morgan fingerprint density at radius 3 is 1.97 bits per heavy atom. The van der Waals surface area contributed by atoms with Crippen molar-refractivity contribution in [1.82, 2.24) is 0 Å². The van der Waals surface area contributed by atoms with E-state index in [1.54, 1.807) is 13.0 Å². The third-order valence-corrected chi connectivity index (χ3v) is 7.23. The highest BCUT2D eigenvalue weighted by Gasteiger charge is 2.14. The minimum absolute atomic E-state index is 0.0943. The summed E-state index contributed by atoms with van der Waals surface area (Å²) < 4.78 is 14.8. The second kappa shape index (κ2) is 10.2. The number of carbonyl (C=O) groups is 2. The fourth-order valence-electron chi connectivity index (χ4n) is 3.60. The Balaban J connectivity index is 1.72. The number of thioether (sulfide) groups is 2. The first-order chi connectivity index (χ1) is 16.4. The molecule has 0 aliphatic rings. The van der Waals surface area contributed by atoms with Gasteiger partial charge in [0.15, 0.2) is 0 Å². The van der Waals surface area contributed by atoms with Crippen molar-refractivity contribution in [2.75, 3.05) is 0 Å². The maximum atomic E-state index is 14.8. The van der Waals surface area contributed by atoms with Crippen molar-refractivity contribution in [3.8, 4) is 22.3 Å². The third-order valence-electron chi connectivity index (χ3n) is 5.27. The summed E-state index contributed by atoms with van der Waals surface area (Å²) in [6.45, 7) is 8.74. The normalized spacial score (nSPS) is 10.8. The van der Waals surface area contributed by atoms with Crippen LogP contribution in [0.4, 0.5) is 4.39 Å². The predicted molar refractivity (Wildman–Crippen MR) is 142 cm³/mol. The molecular weight excluding hydrogens is 463 g/mol. The highest BCUT2D eigenvalue weighted by atomic mass is 32.2. The van der Waals surface area contributed by atoms with Gasteiger partial charge in [-0.05, 0) is 99.4 Å². The van der Waals surface area contributed by atoms with Crippen LogP contribution in [0.1, 0.15) is 6.92 Å². The summed E-state index contributed by atoms with van der Waals surface area (Å²) in [7, 11) is 0. The van der Waals surface area contributed by atoms with E-state index in [1.165, 1.54) is 12.1 Å². The average molecular weight is 485 g/mol. The van der Waals surface area contributed by atoms with Gasteiger partial charge in [-0.15, -0.1) is 0 Å². The van der Waals surface area contributed by atoms with Crippen LogP contribution >= 0.6 is 23.5 Å². The zero-order chi connectivity index (χ0) is 24.2. The molecular formula is C29H21FO2S2. The van der Waals surface area contributed by atoms with Crippen LogP contribution in [-0.4, -0.2) is 10.2 Å². The van der Waals surface area contributed by atoms with Crippen molar-refractivity contribution in [3.63, 3.8) is 0 Å². The average Bonchev–Trinajstić information content (AvgIpc) is 2.85. The summed E-state index contributed by atoms with van der Waals surface area (Å²) in [4.78, 5) is 24.7. The first kappa shape index (κ1) is 23.7. The van der Waals surface area contributed by atoms with Crippen LogP contribution in [0.5, 0.6) is 0 Å². The molecule has 0 amide bonds. The van der Waals surface area contributed by atoms with Gasteiger partial charge in [-0.2, -0.15) is 0 Å². The molecule has 0 atom stereocenters. The summed E-state index contributed by atoms with van der Waals surface area (Å²) in [5.74, 6) is -0.438. The van der Waals surface area contributed by atoms with Gasteiger partial charge in [-0.1, -0.05) is 67.8 Å². The molecule has 0 aromatic heterocycles. The van der Waals surface area contributed by atoms with Crippen LogP contribution in [0.3, 0.4) is 0 Å². The zero-order valence-electron chi connectivity index (χ0n) is 18.5. The Morgan fingerprint density at radius 1 is 0.824 bits per heavy atom. The molecule has 5 heteroatoms. The number of halogens is 1. The molecule has 0 N–H and O–H groups in total. The smallest absolute Gasteiger partial charge is 0.219 e. The Kier molecular flexibility index (Phi) is 7.15. The van der Waals surface area contributed by atoms with Crippen molar-refractivity contribution in [3.05, 3.63) is 109 Å². The predicted octanol–water partition coefficient (Wildman–Crippen LogP) is 8.31. The first-order valence-electron chi connectivity index (χ1n) is 10.5. The lowest BCUT2D eigenvalue weighted by Crippen LogP contribution is -1.93. The van der Waals surface area contributed by atoms with Crippen molar-refractivity contribution in [2.24, 2.45) is 0 Å². The molecule has 0 saturated heterocycles. The molecule has 0 spiro atoms. The summed E-state index contributed by atoms with van der Waals surface area (Å²) in [5, 5.41) is 1.69. The highest BCUT2D eigenvalue weighted by molar-refractivity contribution is 8.14. The van der Waals surface area contributed by atoms with E-state index in [0.29, 0.717) is 5.57 Å². The van der Waals surface area contributed by atoms with E-state index in [-0.39, 0.29) is 15.1 Å². The third kappa shape index (κ3) is 5.06. The van der Waals surface area contributed by atoms with Crippen LogP contribution in [0, 0.1) is 5.82 Å². The molecule has 0 unspecified atom stereocenters. The molecule has 0 aliphatic carbocycles. The van der Waals surface area contributed by atoms with Gasteiger partial charge >= 0.3 is 0 Å². The molecule has 0 bridgehead atoms. The fourth-order valence-corrected chi connectivity index (χ4v) is 4.86.